The summed E-state index contributed by atoms with van der Waals surface area (Å²) in [6.07, 6.45) is 0.901. The first-order chi connectivity index (χ1) is 8.26. The van der Waals surface area contributed by atoms with Crippen LogP contribution in [0.15, 0.2) is 0 Å². The van der Waals surface area contributed by atoms with Crippen LogP contribution in [-0.2, 0) is 14.3 Å². The van der Waals surface area contributed by atoms with Crippen molar-refractivity contribution < 1.29 is 24.2 Å². The number of ether oxygens (including phenoxy) is 1. The zero-order chi connectivity index (χ0) is 14.3. The third kappa shape index (κ3) is 4.60. The molecule has 0 aliphatic heterocycles. The van der Waals surface area contributed by atoms with E-state index in [1.165, 1.54) is 21.0 Å². The molecule has 104 valence electrons. The fourth-order valence-electron chi connectivity index (χ4n) is 1.44. The number of carboxylic acids is 1. The molecular weight excluding hydrogens is 240 g/mol. The summed E-state index contributed by atoms with van der Waals surface area (Å²) >= 11 is 0. The summed E-state index contributed by atoms with van der Waals surface area (Å²) in [5.74, 6) is -1.72. The number of nitrogens with one attached hydrogen (secondary N) is 2. The highest BCUT2D eigenvalue weighted by molar-refractivity contribution is 5.88. The van der Waals surface area contributed by atoms with Gasteiger partial charge in [0.1, 0.15) is 11.6 Å². The Hall–Kier alpha value is -1.79. The van der Waals surface area contributed by atoms with Crippen LogP contribution in [0.3, 0.4) is 0 Å². The van der Waals surface area contributed by atoms with E-state index < -0.39 is 29.6 Å². The number of urea groups is 1. The molecule has 0 rings (SSSR count). The molecule has 0 aliphatic rings. The normalized spacial score (nSPS) is 15.1. The molecule has 2 amide bonds. The van der Waals surface area contributed by atoms with Crippen LogP contribution in [0.5, 0.6) is 0 Å². The molecule has 0 aromatic rings. The Balaban J connectivity index is 4.53. The van der Waals surface area contributed by atoms with Crippen molar-refractivity contribution in [2.24, 2.45) is 0 Å². The number of carbonyl (C=O) groups excluding carboxylic acids is 2. The van der Waals surface area contributed by atoms with Gasteiger partial charge in [0.2, 0.25) is 0 Å². The second-order valence-electron chi connectivity index (χ2n) is 4.23. The van der Waals surface area contributed by atoms with E-state index in [0.29, 0.717) is 12.8 Å². The number of carboxylic acid groups (broad SMARTS) is 1. The van der Waals surface area contributed by atoms with Crippen LogP contribution in [0.4, 0.5) is 4.79 Å². The van der Waals surface area contributed by atoms with Gasteiger partial charge in [-0.05, 0) is 20.3 Å². The van der Waals surface area contributed by atoms with E-state index in [0.717, 1.165) is 0 Å². The van der Waals surface area contributed by atoms with Crippen LogP contribution in [0.25, 0.3) is 0 Å². The number of carbonyl (C=O) groups is 3. The van der Waals surface area contributed by atoms with Crippen molar-refractivity contribution in [2.45, 2.75) is 45.2 Å². The second-order valence-corrected chi connectivity index (χ2v) is 4.23. The summed E-state index contributed by atoms with van der Waals surface area (Å²) in [6.45, 7) is 4.68. The van der Waals surface area contributed by atoms with Crippen LogP contribution in [0.2, 0.25) is 0 Å². The lowest BCUT2D eigenvalue weighted by atomic mass is 9.97. The van der Waals surface area contributed by atoms with Gasteiger partial charge in [-0.25, -0.2) is 14.4 Å². The second kappa shape index (κ2) is 6.83. The SMILES string of the molecule is CCCC(C)(NC(=O)NC(C)C(=O)OC)C(=O)O. The zero-order valence-electron chi connectivity index (χ0n) is 11.1. The number of esters is 1. The molecule has 7 heteroatoms. The van der Waals surface area contributed by atoms with E-state index in [1.807, 2.05) is 6.92 Å². The van der Waals surface area contributed by atoms with Crippen molar-refractivity contribution >= 4 is 18.0 Å². The lowest BCUT2D eigenvalue weighted by Gasteiger charge is -2.26. The smallest absolute Gasteiger partial charge is 0.329 e. The Morgan fingerprint density at radius 1 is 1.39 bits per heavy atom. The Bertz CT molecular complexity index is 331. The van der Waals surface area contributed by atoms with Gasteiger partial charge in [-0.3, -0.25) is 0 Å². The molecule has 0 aromatic heterocycles. The van der Waals surface area contributed by atoms with Crippen LogP contribution in [-0.4, -0.2) is 41.8 Å². The molecule has 0 saturated heterocycles. The molecule has 0 fully saturated rings. The van der Waals surface area contributed by atoms with Crippen molar-refractivity contribution in [2.75, 3.05) is 7.11 Å². The summed E-state index contributed by atoms with van der Waals surface area (Å²) in [6, 6.07) is -1.55. The number of rotatable bonds is 6. The fourth-order valence-corrected chi connectivity index (χ4v) is 1.44. The van der Waals surface area contributed by atoms with E-state index >= 15 is 0 Å². The predicted octanol–water partition coefficient (Wildman–Crippen LogP) is 0.491. The van der Waals surface area contributed by atoms with Gasteiger partial charge in [0.15, 0.2) is 0 Å². The first-order valence-corrected chi connectivity index (χ1v) is 5.66. The molecule has 3 N–H and O–H groups in total. The summed E-state index contributed by atoms with van der Waals surface area (Å²) in [5.41, 5.74) is -1.35. The monoisotopic (exact) mass is 260 g/mol. The molecule has 0 aliphatic carbocycles. The molecule has 2 unspecified atom stereocenters. The molecule has 0 spiro atoms. The number of aliphatic carboxylic acids is 1. The highest BCUT2D eigenvalue weighted by Crippen LogP contribution is 2.12. The zero-order valence-corrected chi connectivity index (χ0v) is 11.1. The maximum absolute atomic E-state index is 11.6. The third-order valence-corrected chi connectivity index (χ3v) is 2.51. The van der Waals surface area contributed by atoms with Crippen molar-refractivity contribution in [3.8, 4) is 0 Å². The third-order valence-electron chi connectivity index (χ3n) is 2.51. The van der Waals surface area contributed by atoms with Gasteiger partial charge in [0.05, 0.1) is 7.11 Å². The quantitative estimate of drug-likeness (QED) is 0.603. The van der Waals surface area contributed by atoms with E-state index in [2.05, 4.69) is 15.4 Å². The maximum atomic E-state index is 11.6. The maximum Gasteiger partial charge on any atom is 0.329 e. The first kappa shape index (κ1) is 16.2. The number of hydrogen-bond donors (Lipinski definition) is 3. The largest absolute Gasteiger partial charge is 0.480 e. The summed E-state index contributed by atoms with van der Waals surface area (Å²) < 4.78 is 4.44. The summed E-state index contributed by atoms with van der Waals surface area (Å²) in [7, 11) is 1.21. The average Bonchev–Trinajstić information content (AvgIpc) is 2.27. The molecule has 0 aromatic carbocycles. The lowest BCUT2D eigenvalue weighted by molar-refractivity contribution is -0.144. The highest BCUT2D eigenvalue weighted by Gasteiger charge is 2.34. The van der Waals surface area contributed by atoms with Gasteiger partial charge in [0.25, 0.3) is 0 Å². The van der Waals surface area contributed by atoms with E-state index in [-0.39, 0.29) is 0 Å². The number of methoxy groups -OCH3 is 1. The van der Waals surface area contributed by atoms with E-state index in [9.17, 15) is 14.4 Å². The molecule has 0 saturated carbocycles. The van der Waals surface area contributed by atoms with E-state index in [1.54, 1.807) is 0 Å². The van der Waals surface area contributed by atoms with Crippen LogP contribution < -0.4 is 10.6 Å². The van der Waals surface area contributed by atoms with Crippen molar-refractivity contribution in [1.82, 2.24) is 10.6 Å². The van der Waals surface area contributed by atoms with Gasteiger partial charge in [-0.2, -0.15) is 0 Å². The molecule has 0 heterocycles. The van der Waals surface area contributed by atoms with Crippen LogP contribution in [0, 0.1) is 0 Å². The molecule has 18 heavy (non-hydrogen) atoms. The number of hydrogen-bond acceptors (Lipinski definition) is 4. The summed E-state index contributed by atoms with van der Waals surface area (Å²) in [5, 5.41) is 13.7. The Kier molecular flexibility index (Phi) is 6.15. The van der Waals surface area contributed by atoms with Crippen molar-refractivity contribution in [3.05, 3.63) is 0 Å². The Morgan fingerprint density at radius 2 is 1.94 bits per heavy atom. The van der Waals surface area contributed by atoms with Crippen molar-refractivity contribution in [3.63, 3.8) is 0 Å². The van der Waals surface area contributed by atoms with Gasteiger partial charge < -0.3 is 20.5 Å². The van der Waals surface area contributed by atoms with Gasteiger partial charge in [-0.15, -0.1) is 0 Å². The minimum absolute atomic E-state index is 0.294. The molecule has 0 bridgehead atoms. The van der Waals surface area contributed by atoms with E-state index in [4.69, 9.17) is 5.11 Å². The Morgan fingerprint density at radius 3 is 2.33 bits per heavy atom. The minimum Gasteiger partial charge on any atom is -0.480 e. The standard InChI is InChI=1S/C11H20N2O5/c1-5-6-11(3,9(15)16)13-10(17)12-7(2)8(14)18-4/h7H,5-6H2,1-4H3,(H,15,16)(H2,12,13,17). The molecule has 0 radical (unpaired) electrons. The molecule has 2 atom stereocenters. The van der Waals surface area contributed by atoms with Gasteiger partial charge in [-0.1, -0.05) is 13.3 Å². The minimum atomic E-state index is -1.35. The van der Waals surface area contributed by atoms with Crippen LogP contribution >= 0.6 is 0 Å². The van der Waals surface area contributed by atoms with Crippen molar-refractivity contribution in [1.29, 1.82) is 0 Å². The van der Waals surface area contributed by atoms with Gasteiger partial charge in [0, 0.05) is 0 Å². The molecular formula is C11H20N2O5. The number of amides is 2. The lowest BCUT2D eigenvalue weighted by Crippen LogP contribution is -2.57. The highest BCUT2D eigenvalue weighted by atomic mass is 16.5. The van der Waals surface area contributed by atoms with Gasteiger partial charge >= 0.3 is 18.0 Å². The first-order valence-electron chi connectivity index (χ1n) is 5.66. The predicted molar refractivity (Wildman–Crippen MR) is 64.1 cm³/mol. The average molecular weight is 260 g/mol. The molecule has 7 nitrogen and oxygen atoms in total. The fraction of sp³-hybridized carbons (Fsp3) is 0.727. The summed E-state index contributed by atoms with van der Waals surface area (Å²) in [4.78, 5) is 33.8. The topological polar surface area (TPSA) is 105 Å². The Labute approximate surface area is 106 Å². The van der Waals surface area contributed by atoms with Crippen LogP contribution in [0.1, 0.15) is 33.6 Å².